The first-order chi connectivity index (χ1) is 39.4. The van der Waals surface area contributed by atoms with Crippen LogP contribution in [0.25, 0.3) is 0 Å². The van der Waals surface area contributed by atoms with Gasteiger partial charge in [-0.25, -0.2) is 17.6 Å². The van der Waals surface area contributed by atoms with Crippen LogP contribution < -0.4 is 0 Å². The molecule has 0 aromatic carbocycles. The van der Waals surface area contributed by atoms with Crippen molar-refractivity contribution in [1.82, 2.24) is 0 Å². The van der Waals surface area contributed by atoms with Crippen LogP contribution in [0.4, 0.5) is 57.1 Å². The van der Waals surface area contributed by atoms with E-state index in [0.29, 0.717) is 65.2 Å². The van der Waals surface area contributed by atoms with Crippen molar-refractivity contribution in [3.8, 4) is 0 Å². The van der Waals surface area contributed by atoms with Crippen molar-refractivity contribution in [1.29, 1.82) is 0 Å². The molecule has 3 unspecified atom stereocenters. The zero-order chi connectivity index (χ0) is 78.4. The van der Waals surface area contributed by atoms with Crippen molar-refractivity contribution in [3.05, 3.63) is 0 Å². The van der Waals surface area contributed by atoms with Crippen molar-refractivity contribution in [2.75, 3.05) is 0 Å². The van der Waals surface area contributed by atoms with Crippen LogP contribution in [0.5, 0.6) is 0 Å². The van der Waals surface area contributed by atoms with Crippen LogP contribution >= 0.6 is 0 Å². The Morgan fingerprint density at radius 3 is 1.03 bits per heavy atom. The quantitative estimate of drug-likeness (QED) is 0.233. The molecule has 5 atom stereocenters. The van der Waals surface area contributed by atoms with E-state index in [4.69, 9.17) is 37.0 Å². The Balaban J connectivity index is -0.000000328. The largest absolute Gasteiger partial charge is 0.393 e. The number of hydrogen-bond acceptors (Lipinski definition) is 0. The van der Waals surface area contributed by atoms with Gasteiger partial charge in [0.15, 0.2) is 0 Å². The summed E-state index contributed by atoms with van der Waals surface area (Å²) >= 11 is 0. The van der Waals surface area contributed by atoms with Crippen molar-refractivity contribution < 1.29 is 94.1 Å². The predicted octanol–water partition coefficient (Wildman–Crippen LogP) is 23.0. The SMILES string of the molecule is C.[2H]C([2H])(C)C(C)(C)C(F)(F)F.[2H]C([2H])(C)C(C)(C)C(F)(F)F.[2H]C([2H])(C)CC(C)C(F)(F)F.[2H]C([2H])(C)CC([2H])(C)C.[2H]C1(C)CCC(C)(F)CC1.[2H]C1([2H])C(C)(F)C([2H])([2H])[C@]([2H])(C)C1([2H])[2H].[2H]C1([2H])C([2H])([2H])C(C)(F)C([2H])([2H])C([2H])([2H])C1([2H])C.[2H][C@@]1(C)CCC(C)(F)C1. The van der Waals surface area contributed by atoms with Gasteiger partial charge in [0.2, 0.25) is 0 Å². The molecule has 68 heavy (non-hydrogen) atoms. The highest BCUT2D eigenvalue weighted by Crippen LogP contribution is 2.41. The lowest BCUT2D eigenvalue weighted by molar-refractivity contribution is -0.212. The Morgan fingerprint density at radius 1 is 0.544 bits per heavy atom. The van der Waals surface area contributed by atoms with E-state index in [9.17, 15) is 57.1 Å². The van der Waals surface area contributed by atoms with Crippen LogP contribution in [0.2, 0.25) is 0 Å². The Labute approximate surface area is 449 Å². The molecule has 4 aliphatic carbocycles. The molecule has 0 aromatic rings. The molecule has 0 aromatic heterocycles. The Hall–Kier alpha value is -0.910. The number of rotatable bonds is 6. The van der Waals surface area contributed by atoms with Gasteiger partial charge in [-0.1, -0.05) is 130 Å². The fourth-order valence-corrected chi connectivity index (χ4v) is 4.65. The molecule has 4 rings (SSSR count). The lowest BCUT2D eigenvalue weighted by Gasteiger charge is -2.28. The highest BCUT2D eigenvalue weighted by atomic mass is 19.4. The van der Waals surface area contributed by atoms with Gasteiger partial charge in [-0.2, -0.15) is 39.5 Å². The predicted molar refractivity (Wildman–Crippen MR) is 266 cm³/mol. The number of alkyl halides is 13. The van der Waals surface area contributed by atoms with Gasteiger partial charge in [0, 0.05) is 37.0 Å². The van der Waals surface area contributed by atoms with E-state index in [2.05, 4.69) is 0 Å². The molecule has 4 aliphatic rings. The zero-order valence-corrected chi connectivity index (χ0v) is 43.4. The summed E-state index contributed by atoms with van der Waals surface area (Å²) in [6.07, 6.45) is -38.6. The molecule has 0 heterocycles. The van der Waals surface area contributed by atoms with Gasteiger partial charge < -0.3 is 0 Å². The third-order valence-corrected chi connectivity index (χ3v) is 10.0. The second kappa shape index (κ2) is 33.7. The lowest BCUT2D eigenvalue weighted by Crippen LogP contribution is -2.30. The molecule has 0 aliphatic heterocycles. The molecule has 4 saturated carbocycles. The van der Waals surface area contributed by atoms with E-state index >= 15 is 0 Å². The van der Waals surface area contributed by atoms with Gasteiger partial charge in [0.05, 0.1) is 16.7 Å². The second-order valence-electron chi connectivity index (χ2n) is 19.0. The van der Waals surface area contributed by atoms with Crippen molar-refractivity contribution in [3.63, 3.8) is 0 Å². The summed E-state index contributed by atoms with van der Waals surface area (Å²) < 4.78 is 361. The van der Waals surface area contributed by atoms with Gasteiger partial charge in [0.25, 0.3) is 0 Å². The maximum absolute atomic E-state index is 14.4. The van der Waals surface area contributed by atoms with E-state index in [0.717, 1.165) is 69.2 Å². The molecule has 0 saturated heterocycles. The average molecular weight is 1040 g/mol. The van der Waals surface area contributed by atoms with E-state index in [1.807, 2.05) is 6.92 Å². The lowest BCUT2D eigenvalue weighted by atomic mass is 9.82. The van der Waals surface area contributed by atoms with Gasteiger partial charge in [-0.05, 0) is 166 Å². The summed E-state index contributed by atoms with van der Waals surface area (Å²) in [6, 6.07) is 0. The van der Waals surface area contributed by atoms with E-state index in [1.54, 1.807) is 34.6 Å². The molecule has 0 amide bonds. The third kappa shape index (κ3) is 40.7. The summed E-state index contributed by atoms with van der Waals surface area (Å²) in [4.78, 5) is 0. The monoisotopic (exact) mass is 1040 g/mol. The first kappa shape index (κ1) is 36.9. The minimum atomic E-state index is -4.49. The molecule has 0 N–H and O–H groups in total. The fraction of sp³-hybridized carbons (Fsp3) is 1.00. The van der Waals surface area contributed by atoms with E-state index in [1.165, 1.54) is 6.92 Å². The van der Waals surface area contributed by atoms with Crippen molar-refractivity contribution in [2.45, 2.75) is 308 Å². The summed E-state index contributed by atoms with van der Waals surface area (Å²) in [7, 11) is 0. The molecule has 0 spiro atoms. The molecule has 0 radical (unpaired) electrons. The summed E-state index contributed by atoms with van der Waals surface area (Å²) in [5.74, 6) is -8.32. The van der Waals surface area contributed by atoms with Gasteiger partial charge in [0.1, 0.15) is 22.7 Å². The highest BCUT2D eigenvalue weighted by Gasteiger charge is 2.46. The Morgan fingerprint density at radius 2 is 0.882 bits per heavy atom. The topological polar surface area (TPSA) is 0 Å². The normalized spacial score (nSPS) is 46.1. The van der Waals surface area contributed by atoms with Crippen LogP contribution in [0.1, 0.15) is 304 Å². The van der Waals surface area contributed by atoms with Crippen LogP contribution in [0.3, 0.4) is 0 Å². The maximum Gasteiger partial charge on any atom is 0.393 e. The van der Waals surface area contributed by atoms with Crippen LogP contribution in [0.15, 0.2) is 0 Å². The number of hydrogen-bond donors (Lipinski definition) is 0. The third-order valence-electron chi connectivity index (χ3n) is 10.0. The van der Waals surface area contributed by atoms with Crippen LogP contribution in [-0.4, -0.2) is 41.2 Å². The standard InChI is InChI=1S/2C8H15F.2C7H13F.3C6H11F3.C6H14.CH4/c2*1-7-3-5-8(2,9)6-4-7;2*1-6-3-4-7(2,8)5-6;2*1-4-5(2,3)6(7,8)9;1-3-4-5(2)6(7,8)9;1-4-5-6(2)3;/h2*7H,3-6H2,1-2H3;2*6H,3-5H2,1-2H3;2*4H2,1-3H3;5H,3-4H2,1-2H3;6H,4-5H2,1-3H3;1H4/t;;2*6-,7?;;;;;/m..11...../s1/i3D2,4D2,5D2,6D2,7D;7D;3D2,4D2,5D2,6D;6D;2*4D2;3D2;4D2,6D;. The maximum atomic E-state index is 14.4. The van der Waals surface area contributed by atoms with Gasteiger partial charge >= 0.3 is 18.5 Å². The first-order valence-corrected chi connectivity index (χ1v) is 21.9. The van der Waals surface area contributed by atoms with Crippen LogP contribution in [0, 0.1) is 46.2 Å². The van der Waals surface area contributed by atoms with Crippen molar-refractivity contribution in [2.24, 2.45) is 46.2 Å². The fourth-order valence-electron chi connectivity index (χ4n) is 4.65. The van der Waals surface area contributed by atoms with E-state index < -0.39 is 158 Å². The van der Waals surface area contributed by atoms with Crippen LogP contribution in [-0.2, 0) is 0 Å². The Bertz CT molecular complexity index is 2030. The summed E-state index contributed by atoms with van der Waals surface area (Å²) in [5.41, 5.74) is -13.1. The molecular formula is C55H107F13. The molecule has 13 heteroatoms. The minimum absolute atomic E-state index is 0. The smallest absolute Gasteiger partial charge is 0.244 e. The minimum Gasteiger partial charge on any atom is -0.244 e. The molecule has 4 fully saturated rings. The van der Waals surface area contributed by atoms with Crippen molar-refractivity contribution >= 4 is 0 Å². The Kier molecular flexibility index (Phi) is 18.3. The molecule has 418 valence electrons. The average Bonchev–Trinajstić information content (AvgIpc) is 1.53. The molecular weight excluding hydrogens is 908 g/mol. The highest BCUT2D eigenvalue weighted by molar-refractivity contribution is 4.85. The molecule has 0 nitrogen and oxygen atoms in total. The molecule has 0 bridgehead atoms. The summed E-state index contributed by atoms with van der Waals surface area (Å²) in [5, 5.41) is 0. The number of halogens is 13. The summed E-state index contributed by atoms with van der Waals surface area (Å²) in [6.45, 7) is 22.1. The second-order valence-corrected chi connectivity index (χ2v) is 19.0. The van der Waals surface area contributed by atoms with E-state index in [-0.39, 0.29) is 13.3 Å². The van der Waals surface area contributed by atoms with Gasteiger partial charge in [-0.15, -0.1) is 0 Å². The first-order valence-electron chi connectivity index (χ1n) is 35.4. The zero-order valence-electron chi connectivity index (χ0n) is 70.4. The van der Waals surface area contributed by atoms with Gasteiger partial charge in [-0.3, -0.25) is 0 Å².